The summed E-state index contributed by atoms with van der Waals surface area (Å²) in [5, 5.41) is 19.9. The largest absolute Gasteiger partial charge is 0.392 e. The molecule has 2 aliphatic heterocycles. The van der Waals surface area contributed by atoms with Gasteiger partial charge in [0.1, 0.15) is 0 Å². The fraction of sp³-hybridized carbons (Fsp3) is 1.00. The fourth-order valence-corrected chi connectivity index (χ4v) is 3.75. The van der Waals surface area contributed by atoms with Crippen molar-refractivity contribution in [3.63, 3.8) is 0 Å². The maximum Gasteiger partial charge on any atom is 0.0793 e. The smallest absolute Gasteiger partial charge is 0.0793 e. The standard InChI is InChI=1S/C17H35N3O2/c1-14-4-6-18(7-5-14)12-17(22)13-19-8-9-20(11-16(3)21)15(2)10-19/h14-17,21-22H,4-13H2,1-3H3/t15-,16+,17+/m1/s1. The number of β-amino-alcohol motifs (C(OH)–C–C–N with tert-alkyl or cyclic N) is 2. The molecular formula is C17H35N3O2. The van der Waals surface area contributed by atoms with E-state index in [0.29, 0.717) is 6.04 Å². The van der Waals surface area contributed by atoms with E-state index in [-0.39, 0.29) is 12.2 Å². The first-order valence-corrected chi connectivity index (χ1v) is 8.99. The summed E-state index contributed by atoms with van der Waals surface area (Å²) in [5.74, 6) is 0.844. The highest BCUT2D eigenvalue weighted by atomic mass is 16.3. The summed E-state index contributed by atoms with van der Waals surface area (Å²) in [4.78, 5) is 7.14. The molecule has 0 unspecified atom stereocenters. The average molecular weight is 313 g/mol. The van der Waals surface area contributed by atoms with E-state index in [9.17, 15) is 10.2 Å². The van der Waals surface area contributed by atoms with E-state index in [0.717, 1.165) is 58.3 Å². The van der Waals surface area contributed by atoms with Gasteiger partial charge in [-0.1, -0.05) is 6.92 Å². The summed E-state index contributed by atoms with van der Waals surface area (Å²) in [7, 11) is 0. The molecule has 0 aromatic rings. The Balaban J connectivity index is 1.68. The molecule has 130 valence electrons. The van der Waals surface area contributed by atoms with Crippen LogP contribution in [-0.4, -0.2) is 95.5 Å². The number of likely N-dealkylation sites (tertiary alicyclic amines) is 1. The van der Waals surface area contributed by atoms with Crippen molar-refractivity contribution in [2.45, 2.75) is 51.9 Å². The van der Waals surface area contributed by atoms with Gasteiger partial charge in [0.05, 0.1) is 12.2 Å². The van der Waals surface area contributed by atoms with Crippen molar-refractivity contribution in [2.75, 3.05) is 52.4 Å². The van der Waals surface area contributed by atoms with Crippen LogP contribution in [0.5, 0.6) is 0 Å². The molecule has 2 heterocycles. The molecule has 2 rings (SSSR count). The van der Waals surface area contributed by atoms with E-state index < -0.39 is 0 Å². The molecule has 0 radical (unpaired) electrons. The van der Waals surface area contributed by atoms with E-state index in [1.165, 1.54) is 12.8 Å². The number of nitrogens with zero attached hydrogens (tertiary/aromatic N) is 3. The number of piperazine rings is 1. The maximum absolute atomic E-state index is 10.4. The molecule has 2 saturated heterocycles. The third-order valence-corrected chi connectivity index (χ3v) is 5.16. The van der Waals surface area contributed by atoms with Gasteiger partial charge in [-0.05, 0) is 45.7 Å². The van der Waals surface area contributed by atoms with Gasteiger partial charge in [-0.15, -0.1) is 0 Å². The van der Waals surface area contributed by atoms with Crippen molar-refractivity contribution in [2.24, 2.45) is 5.92 Å². The van der Waals surface area contributed by atoms with Gasteiger partial charge in [-0.25, -0.2) is 0 Å². The highest BCUT2D eigenvalue weighted by molar-refractivity contribution is 4.82. The molecule has 0 aromatic heterocycles. The summed E-state index contributed by atoms with van der Waals surface area (Å²) in [6.45, 7) is 14.0. The number of aliphatic hydroxyl groups excluding tert-OH is 2. The van der Waals surface area contributed by atoms with Crippen molar-refractivity contribution >= 4 is 0 Å². The monoisotopic (exact) mass is 313 g/mol. The van der Waals surface area contributed by atoms with Gasteiger partial charge in [0.25, 0.3) is 0 Å². The van der Waals surface area contributed by atoms with E-state index in [2.05, 4.69) is 28.5 Å². The van der Waals surface area contributed by atoms with Crippen LogP contribution in [0.2, 0.25) is 0 Å². The lowest BCUT2D eigenvalue weighted by Crippen LogP contribution is -2.55. The summed E-state index contributed by atoms with van der Waals surface area (Å²) in [6.07, 6.45) is 2.02. The van der Waals surface area contributed by atoms with Crippen LogP contribution in [0.4, 0.5) is 0 Å². The van der Waals surface area contributed by atoms with Gasteiger partial charge >= 0.3 is 0 Å². The van der Waals surface area contributed by atoms with Crippen LogP contribution in [0.3, 0.4) is 0 Å². The normalized spacial score (nSPS) is 29.6. The van der Waals surface area contributed by atoms with Gasteiger partial charge < -0.3 is 15.1 Å². The Morgan fingerprint density at radius 1 is 0.909 bits per heavy atom. The number of piperidine rings is 1. The van der Waals surface area contributed by atoms with E-state index in [1.807, 2.05) is 6.92 Å². The van der Waals surface area contributed by atoms with Crippen LogP contribution in [0, 0.1) is 5.92 Å². The lowest BCUT2D eigenvalue weighted by molar-refractivity contribution is 0.0132. The predicted molar refractivity (Wildman–Crippen MR) is 90.0 cm³/mol. The highest BCUT2D eigenvalue weighted by Gasteiger charge is 2.26. The number of hydrogen-bond acceptors (Lipinski definition) is 5. The average Bonchev–Trinajstić information content (AvgIpc) is 2.44. The highest BCUT2D eigenvalue weighted by Crippen LogP contribution is 2.16. The molecule has 2 N–H and O–H groups in total. The second-order valence-electron chi connectivity index (χ2n) is 7.59. The van der Waals surface area contributed by atoms with E-state index in [4.69, 9.17) is 0 Å². The van der Waals surface area contributed by atoms with Crippen molar-refractivity contribution in [3.05, 3.63) is 0 Å². The number of hydrogen-bond donors (Lipinski definition) is 2. The summed E-state index contributed by atoms with van der Waals surface area (Å²) >= 11 is 0. The Morgan fingerprint density at radius 3 is 2.14 bits per heavy atom. The molecule has 0 aromatic carbocycles. The zero-order chi connectivity index (χ0) is 16.1. The third-order valence-electron chi connectivity index (χ3n) is 5.16. The minimum atomic E-state index is -0.263. The summed E-state index contributed by atoms with van der Waals surface area (Å²) < 4.78 is 0. The molecule has 0 bridgehead atoms. The minimum Gasteiger partial charge on any atom is -0.392 e. The zero-order valence-electron chi connectivity index (χ0n) is 14.6. The summed E-state index contributed by atoms with van der Waals surface area (Å²) in [6, 6.07) is 0.450. The lowest BCUT2D eigenvalue weighted by atomic mass is 9.99. The number of rotatable bonds is 6. The second-order valence-corrected chi connectivity index (χ2v) is 7.59. The lowest BCUT2D eigenvalue weighted by Gasteiger charge is -2.41. The molecule has 3 atom stereocenters. The van der Waals surface area contributed by atoms with Crippen LogP contribution in [0.15, 0.2) is 0 Å². The SMILES string of the molecule is CC1CCN(C[C@H](O)CN2CCN(C[C@H](C)O)[C@H](C)C2)CC1. The van der Waals surface area contributed by atoms with Gasteiger partial charge in [-0.3, -0.25) is 9.80 Å². The maximum atomic E-state index is 10.4. The third kappa shape index (κ3) is 5.78. The Kier molecular flexibility index (Phi) is 7.09. The topological polar surface area (TPSA) is 50.2 Å². The van der Waals surface area contributed by atoms with Crippen LogP contribution in [0.1, 0.15) is 33.6 Å². The molecule has 0 aliphatic carbocycles. The Bertz CT molecular complexity index is 319. The first-order chi connectivity index (χ1) is 10.4. The first kappa shape index (κ1) is 18.1. The molecule has 0 spiro atoms. The van der Waals surface area contributed by atoms with Crippen molar-refractivity contribution in [1.82, 2.24) is 14.7 Å². The van der Waals surface area contributed by atoms with Gasteiger partial charge in [0.15, 0.2) is 0 Å². The molecule has 0 saturated carbocycles. The van der Waals surface area contributed by atoms with E-state index in [1.54, 1.807) is 0 Å². The van der Waals surface area contributed by atoms with Gasteiger partial charge in [0.2, 0.25) is 0 Å². The molecule has 2 fully saturated rings. The van der Waals surface area contributed by atoms with Crippen molar-refractivity contribution < 1.29 is 10.2 Å². The molecule has 5 heteroatoms. The molecule has 5 nitrogen and oxygen atoms in total. The minimum absolute atomic E-state index is 0.246. The Morgan fingerprint density at radius 2 is 1.55 bits per heavy atom. The molecular weight excluding hydrogens is 278 g/mol. The van der Waals surface area contributed by atoms with Crippen molar-refractivity contribution in [1.29, 1.82) is 0 Å². The quantitative estimate of drug-likeness (QED) is 0.746. The van der Waals surface area contributed by atoms with Gasteiger partial charge in [-0.2, -0.15) is 0 Å². The Labute approximate surface area is 135 Å². The van der Waals surface area contributed by atoms with E-state index >= 15 is 0 Å². The van der Waals surface area contributed by atoms with Crippen LogP contribution in [-0.2, 0) is 0 Å². The van der Waals surface area contributed by atoms with Crippen LogP contribution < -0.4 is 0 Å². The zero-order valence-corrected chi connectivity index (χ0v) is 14.6. The predicted octanol–water partition coefficient (Wildman–Crippen LogP) is 0.466. The van der Waals surface area contributed by atoms with Crippen LogP contribution in [0.25, 0.3) is 0 Å². The van der Waals surface area contributed by atoms with Crippen LogP contribution >= 0.6 is 0 Å². The van der Waals surface area contributed by atoms with Gasteiger partial charge in [0, 0.05) is 45.3 Å². The van der Waals surface area contributed by atoms with Crippen molar-refractivity contribution in [3.8, 4) is 0 Å². The summed E-state index contributed by atoms with van der Waals surface area (Å²) in [5.41, 5.74) is 0. The molecule has 22 heavy (non-hydrogen) atoms. The first-order valence-electron chi connectivity index (χ1n) is 8.99. The number of aliphatic hydroxyl groups is 2. The molecule has 2 aliphatic rings. The molecule has 0 amide bonds. The Hall–Kier alpha value is -0.200. The fourth-order valence-electron chi connectivity index (χ4n) is 3.75. The second kappa shape index (κ2) is 8.60.